The van der Waals surface area contributed by atoms with E-state index in [4.69, 9.17) is 4.52 Å². The van der Waals surface area contributed by atoms with Gasteiger partial charge in [0.2, 0.25) is 15.9 Å². The van der Waals surface area contributed by atoms with Crippen molar-refractivity contribution in [2.24, 2.45) is 5.92 Å². The fraction of sp³-hybridized carbons (Fsp3) is 0.550. The lowest BCUT2D eigenvalue weighted by Crippen LogP contribution is -2.32. The third-order valence-electron chi connectivity index (χ3n) is 5.44. The second-order valence-electron chi connectivity index (χ2n) is 8.10. The predicted octanol–water partition coefficient (Wildman–Crippen LogP) is 2.86. The van der Waals surface area contributed by atoms with Crippen LogP contribution < -0.4 is 5.32 Å². The molecule has 2 aromatic rings. The molecule has 9 heteroatoms. The summed E-state index contributed by atoms with van der Waals surface area (Å²) in [5.74, 6) is 1.24. The summed E-state index contributed by atoms with van der Waals surface area (Å²) in [7, 11) is -3.49. The first kappa shape index (κ1) is 20.0. The van der Waals surface area contributed by atoms with Gasteiger partial charge in [-0.25, -0.2) is 8.42 Å². The summed E-state index contributed by atoms with van der Waals surface area (Å²) in [4.78, 5) is 17.4. The first-order valence-corrected chi connectivity index (χ1v) is 11.5. The first-order chi connectivity index (χ1) is 13.9. The van der Waals surface area contributed by atoms with Crippen molar-refractivity contribution in [2.45, 2.75) is 56.4 Å². The molecular weight excluding hydrogens is 392 g/mol. The van der Waals surface area contributed by atoms with Crippen LogP contribution in [0.25, 0.3) is 0 Å². The van der Waals surface area contributed by atoms with Crippen LogP contribution in [0.1, 0.15) is 73.6 Å². The van der Waals surface area contributed by atoms with Crippen LogP contribution in [0, 0.1) is 5.92 Å². The van der Waals surface area contributed by atoms with Crippen LogP contribution in [0.15, 0.2) is 33.7 Å². The molecule has 1 unspecified atom stereocenters. The molecule has 1 amide bonds. The van der Waals surface area contributed by atoms with E-state index in [2.05, 4.69) is 15.5 Å². The van der Waals surface area contributed by atoms with E-state index >= 15 is 0 Å². The van der Waals surface area contributed by atoms with Crippen molar-refractivity contribution in [2.75, 3.05) is 13.1 Å². The second kappa shape index (κ2) is 7.87. The van der Waals surface area contributed by atoms with Crippen LogP contribution in [0.3, 0.4) is 0 Å². The van der Waals surface area contributed by atoms with Gasteiger partial charge in [-0.15, -0.1) is 0 Å². The fourth-order valence-electron chi connectivity index (χ4n) is 3.47. The Morgan fingerprint density at radius 2 is 1.83 bits per heavy atom. The number of rotatable bonds is 7. The van der Waals surface area contributed by atoms with Crippen LogP contribution in [-0.2, 0) is 10.0 Å². The minimum Gasteiger partial charge on any atom is -0.340 e. The van der Waals surface area contributed by atoms with Crippen LogP contribution in [0.2, 0.25) is 0 Å². The Labute approximate surface area is 170 Å². The molecule has 1 N–H and O–H groups in total. The first-order valence-electron chi connectivity index (χ1n) is 10.1. The van der Waals surface area contributed by atoms with Crippen LogP contribution >= 0.6 is 0 Å². The van der Waals surface area contributed by atoms with Crippen molar-refractivity contribution in [1.29, 1.82) is 0 Å². The fourth-order valence-corrected chi connectivity index (χ4v) is 4.99. The summed E-state index contributed by atoms with van der Waals surface area (Å²) in [5.41, 5.74) is 0.387. The van der Waals surface area contributed by atoms with E-state index in [0.717, 1.165) is 25.7 Å². The summed E-state index contributed by atoms with van der Waals surface area (Å²) in [6, 6.07) is 5.66. The maximum Gasteiger partial charge on any atom is 0.251 e. The van der Waals surface area contributed by atoms with Gasteiger partial charge in [0, 0.05) is 24.6 Å². The molecular formula is C20H26N4O4S. The molecule has 29 heavy (non-hydrogen) atoms. The van der Waals surface area contributed by atoms with Crippen molar-refractivity contribution < 1.29 is 17.7 Å². The topological polar surface area (TPSA) is 105 Å². The van der Waals surface area contributed by atoms with E-state index in [1.54, 1.807) is 12.1 Å². The highest BCUT2D eigenvalue weighted by atomic mass is 32.2. The van der Waals surface area contributed by atoms with Gasteiger partial charge in [0.25, 0.3) is 5.91 Å². The molecule has 1 saturated carbocycles. The van der Waals surface area contributed by atoms with E-state index in [1.165, 1.54) is 16.4 Å². The van der Waals surface area contributed by atoms with E-state index in [1.807, 2.05) is 13.8 Å². The number of nitrogens with zero attached hydrogens (tertiary/aromatic N) is 3. The zero-order valence-corrected chi connectivity index (χ0v) is 17.5. The lowest BCUT2D eigenvalue weighted by atomic mass is 10.0. The number of carbonyl (C=O) groups excluding carboxylic acids is 1. The van der Waals surface area contributed by atoms with Gasteiger partial charge in [0.05, 0.1) is 4.90 Å². The molecule has 0 bridgehead atoms. The van der Waals surface area contributed by atoms with Gasteiger partial charge in [-0.1, -0.05) is 19.0 Å². The highest BCUT2D eigenvalue weighted by molar-refractivity contribution is 7.89. The third-order valence-corrected chi connectivity index (χ3v) is 7.35. The van der Waals surface area contributed by atoms with Gasteiger partial charge in [-0.3, -0.25) is 4.79 Å². The van der Waals surface area contributed by atoms with Crippen molar-refractivity contribution in [3.05, 3.63) is 41.5 Å². The standard InChI is InChI=1S/C20H26N4O4S/c1-13(2)17(20-22-18(23-28-20)14-5-6-14)21-19(25)15-7-9-16(10-8-15)29(26,27)24-11-3-4-12-24/h7-10,13-14,17H,3-6,11-12H2,1-2H3,(H,21,25). The zero-order valence-electron chi connectivity index (χ0n) is 16.7. The molecule has 1 aliphatic heterocycles. The van der Waals surface area contributed by atoms with E-state index in [0.29, 0.717) is 36.3 Å². The van der Waals surface area contributed by atoms with Gasteiger partial charge in [0.15, 0.2) is 5.82 Å². The molecule has 1 aromatic carbocycles. The average Bonchev–Trinajstić information content (AvgIpc) is 3.20. The molecule has 0 radical (unpaired) electrons. The molecule has 8 nitrogen and oxygen atoms in total. The van der Waals surface area contributed by atoms with Crippen molar-refractivity contribution in [3.63, 3.8) is 0 Å². The Kier molecular flexibility index (Phi) is 5.44. The molecule has 2 aliphatic rings. The molecule has 0 spiro atoms. The van der Waals surface area contributed by atoms with Crippen molar-refractivity contribution in [3.8, 4) is 0 Å². The smallest absolute Gasteiger partial charge is 0.251 e. The number of nitrogens with one attached hydrogen (secondary N) is 1. The molecule has 2 heterocycles. The molecule has 1 aliphatic carbocycles. The molecule has 4 rings (SSSR count). The van der Waals surface area contributed by atoms with E-state index < -0.39 is 16.1 Å². The van der Waals surface area contributed by atoms with Gasteiger partial charge in [-0.05, 0) is 55.9 Å². The van der Waals surface area contributed by atoms with Crippen LogP contribution in [-0.4, -0.2) is 41.9 Å². The van der Waals surface area contributed by atoms with Crippen LogP contribution in [0.4, 0.5) is 0 Å². The summed E-state index contributed by atoms with van der Waals surface area (Å²) in [6.07, 6.45) is 3.91. The Balaban J connectivity index is 1.47. The predicted molar refractivity (Wildman–Crippen MR) is 106 cm³/mol. The normalized spacial score (nSPS) is 18.9. The Morgan fingerprint density at radius 3 is 2.41 bits per heavy atom. The Hall–Kier alpha value is -2.26. The summed E-state index contributed by atoms with van der Waals surface area (Å²) < 4.78 is 32.1. The molecule has 1 atom stereocenters. The maximum absolute atomic E-state index is 12.7. The quantitative estimate of drug-likeness (QED) is 0.741. The molecule has 1 saturated heterocycles. The number of amides is 1. The van der Waals surface area contributed by atoms with Crippen LogP contribution in [0.5, 0.6) is 0 Å². The molecule has 1 aromatic heterocycles. The van der Waals surface area contributed by atoms with Gasteiger partial charge in [0.1, 0.15) is 6.04 Å². The van der Waals surface area contributed by atoms with E-state index in [-0.39, 0.29) is 16.7 Å². The van der Waals surface area contributed by atoms with Gasteiger partial charge < -0.3 is 9.84 Å². The van der Waals surface area contributed by atoms with E-state index in [9.17, 15) is 13.2 Å². The lowest BCUT2D eigenvalue weighted by molar-refractivity contribution is 0.0914. The Bertz CT molecular complexity index is 974. The van der Waals surface area contributed by atoms with Crippen molar-refractivity contribution >= 4 is 15.9 Å². The average molecular weight is 419 g/mol. The molecule has 2 fully saturated rings. The highest BCUT2D eigenvalue weighted by Crippen LogP contribution is 2.38. The number of benzene rings is 1. The van der Waals surface area contributed by atoms with Gasteiger partial charge in [-0.2, -0.15) is 9.29 Å². The summed E-state index contributed by atoms with van der Waals surface area (Å²) >= 11 is 0. The maximum atomic E-state index is 12.7. The van der Waals surface area contributed by atoms with Gasteiger partial charge >= 0.3 is 0 Å². The van der Waals surface area contributed by atoms with Crippen molar-refractivity contribution in [1.82, 2.24) is 19.8 Å². The number of hydrogen-bond acceptors (Lipinski definition) is 6. The number of sulfonamides is 1. The second-order valence-corrected chi connectivity index (χ2v) is 10.0. The number of aromatic nitrogens is 2. The Morgan fingerprint density at radius 1 is 1.17 bits per heavy atom. The zero-order chi connectivity index (χ0) is 20.6. The third kappa shape index (κ3) is 4.20. The minimum absolute atomic E-state index is 0.0567. The highest BCUT2D eigenvalue weighted by Gasteiger charge is 2.32. The summed E-state index contributed by atoms with van der Waals surface area (Å²) in [6.45, 7) is 5.04. The molecule has 156 valence electrons. The largest absolute Gasteiger partial charge is 0.340 e. The number of hydrogen-bond donors (Lipinski definition) is 1. The minimum atomic E-state index is -3.49. The lowest BCUT2D eigenvalue weighted by Gasteiger charge is -2.19. The monoisotopic (exact) mass is 418 g/mol. The SMILES string of the molecule is CC(C)C(NC(=O)c1ccc(S(=O)(=O)N2CCCC2)cc1)c1nc(C2CC2)no1. The summed E-state index contributed by atoms with van der Waals surface area (Å²) in [5, 5.41) is 6.97. The number of carbonyl (C=O) groups is 1.